The molecule has 0 aliphatic carbocycles. The van der Waals surface area contributed by atoms with Crippen LogP contribution in [0.25, 0.3) is 0 Å². The molecule has 0 amide bonds. The van der Waals surface area contributed by atoms with Crippen molar-refractivity contribution in [3.63, 3.8) is 0 Å². The molecule has 0 radical (unpaired) electrons. The van der Waals surface area contributed by atoms with Crippen LogP contribution >= 0.6 is 0 Å². The van der Waals surface area contributed by atoms with Crippen LogP contribution in [-0.4, -0.2) is 87.4 Å². The van der Waals surface area contributed by atoms with Crippen molar-refractivity contribution in [2.45, 2.75) is 19.9 Å². The van der Waals surface area contributed by atoms with Gasteiger partial charge in [0.1, 0.15) is 5.82 Å². The molecular formula is C20H32FN5O. The third-order valence-corrected chi connectivity index (χ3v) is 5.28. The lowest BCUT2D eigenvalue weighted by molar-refractivity contribution is 0.0220. The van der Waals surface area contributed by atoms with Gasteiger partial charge in [0.2, 0.25) is 0 Å². The predicted molar refractivity (Wildman–Crippen MR) is 108 cm³/mol. The van der Waals surface area contributed by atoms with Crippen molar-refractivity contribution in [2.75, 3.05) is 70.5 Å². The first kappa shape index (κ1) is 19.9. The lowest BCUT2D eigenvalue weighted by Crippen LogP contribution is -2.53. The average Bonchev–Trinajstić information content (AvgIpc) is 2.72. The number of benzene rings is 1. The maximum atomic E-state index is 13.1. The molecule has 2 saturated heterocycles. The summed E-state index contributed by atoms with van der Waals surface area (Å²) in [4.78, 5) is 12.0. The van der Waals surface area contributed by atoms with E-state index >= 15 is 0 Å². The van der Waals surface area contributed by atoms with Gasteiger partial charge in [-0.3, -0.25) is 9.89 Å². The molecule has 1 aromatic carbocycles. The van der Waals surface area contributed by atoms with Gasteiger partial charge in [-0.25, -0.2) is 4.39 Å². The van der Waals surface area contributed by atoms with E-state index < -0.39 is 0 Å². The first-order valence-corrected chi connectivity index (χ1v) is 10.0. The Morgan fingerprint density at radius 1 is 1.11 bits per heavy atom. The predicted octanol–water partition coefficient (Wildman–Crippen LogP) is 1.63. The highest BCUT2D eigenvalue weighted by molar-refractivity contribution is 5.80. The largest absolute Gasteiger partial charge is 0.379 e. The lowest BCUT2D eigenvalue weighted by atomic mass is 10.2. The molecule has 2 heterocycles. The topological polar surface area (TPSA) is 43.3 Å². The number of nitrogens with zero attached hydrogens (tertiary/aromatic N) is 4. The van der Waals surface area contributed by atoms with Crippen LogP contribution in [0.1, 0.15) is 13.8 Å². The second kappa shape index (κ2) is 9.90. The molecule has 2 aliphatic rings. The highest BCUT2D eigenvalue weighted by Gasteiger charge is 2.21. The maximum absolute atomic E-state index is 13.1. The number of guanidine groups is 1. The zero-order valence-electron chi connectivity index (χ0n) is 16.5. The van der Waals surface area contributed by atoms with Crippen molar-refractivity contribution in [1.82, 2.24) is 15.1 Å². The van der Waals surface area contributed by atoms with E-state index in [-0.39, 0.29) is 5.82 Å². The smallest absolute Gasteiger partial charge is 0.194 e. The summed E-state index contributed by atoms with van der Waals surface area (Å²) >= 11 is 0. The number of piperazine rings is 1. The van der Waals surface area contributed by atoms with E-state index in [2.05, 4.69) is 33.9 Å². The van der Waals surface area contributed by atoms with Crippen molar-refractivity contribution in [1.29, 1.82) is 0 Å². The molecule has 0 bridgehead atoms. The molecule has 3 rings (SSSR count). The summed E-state index contributed by atoms with van der Waals surface area (Å²) in [6.45, 7) is 13.3. The maximum Gasteiger partial charge on any atom is 0.194 e. The number of morpholine rings is 1. The van der Waals surface area contributed by atoms with Crippen LogP contribution in [-0.2, 0) is 4.74 Å². The fourth-order valence-corrected chi connectivity index (χ4v) is 3.61. The van der Waals surface area contributed by atoms with Crippen LogP contribution < -0.4 is 10.2 Å². The third kappa shape index (κ3) is 5.56. The van der Waals surface area contributed by atoms with E-state index in [0.29, 0.717) is 6.04 Å². The Labute approximate surface area is 162 Å². The van der Waals surface area contributed by atoms with E-state index in [4.69, 9.17) is 9.73 Å². The van der Waals surface area contributed by atoms with Crippen molar-refractivity contribution in [3.8, 4) is 0 Å². The highest BCUT2D eigenvalue weighted by atomic mass is 19.1. The van der Waals surface area contributed by atoms with Crippen LogP contribution in [0.15, 0.2) is 29.3 Å². The minimum absolute atomic E-state index is 0.187. The summed E-state index contributed by atoms with van der Waals surface area (Å²) in [7, 11) is 0. The number of anilines is 1. The fourth-order valence-electron chi connectivity index (χ4n) is 3.61. The van der Waals surface area contributed by atoms with Gasteiger partial charge in [-0.2, -0.15) is 0 Å². The molecule has 1 N–H and O–H groups in total. The van der Waals surface area contributed by atoms with Gasteiger partial charge in [-0.15, -0.1) is 0 Å². The highest BCUT2D eigenvalue weighted by Crippen LogP contribution is 2.17. The zero-order valence-corrected chi connectivity index (χ0v) is 16.5. The molecule has 150 valence electrons. The zero-order chi connectivity index (χ0) is 19.1. The molecular weight excluding hydrogens is 345 g/mol. The Bertz CT molecular complexity index is 595. The van der Waals surface area contributed by atoms with Gasteiger partial charge in [0.25, 0.3) is 0 Å². The molecule has 27 heavy (non-hydrogen) atoms. The Morgan fingerprint density at radius 3 is 2.41 bits per heavy atom. The number of ether oxygens (including phenoxy) is 1. The van der Waals surface area contributed by atoms with Crippen molar-refractivity contribution < 1.29 is 9.13 Å². The molecule has 0 saturated carbocycles. The number of hydrogen-bond acceptors (Lipinski definition) is 4. The summed E-state index contributed by atoms with van der Waals surface area (Å²) in [5, 5.41) is 3.44. The van der Waals surface area contributed by atoms with E-state index in [0.717, 1.165) is 77.2 Å². The third-order valence-electron chi connectivity index (χ3n) is 5.28. The van der Waals surface area contributed by atoms with Gasteiger partial charge < -0.3 is 19.9 Å². The second-order valence-electron chi connectivity index (χ2n) is 7.14. The van der Waals surface area contributed by atoms with Crippen molar-refractivity contribution in [2.24, 2.45) is 4.99 Å². The fraction of sp³-hybridized carbons (Fsp3) is 0.650. The first-order chi connectivity index (χ1) is 13.2. The standard InChI is InChI=1S/C20H32FN5O/c1-3-22-20(23-16-17(2)24-12-14-27-15-13-24)26-10-8-25(9-11-26)19-6-4-18(21)5-7-19/h4-7,17H,3,8-16H2,1-2H3,(H,22,23). The normalized spacial score (nSPS) is 20.6. The Morgan fingerprint density at radius 2 is 1.78 bits per heavy atom. The number of rotatable bonds is 5. The number of nitrogens with one attached hydrogen (secondary N) is 1. The van der Waals surface area contributed by atoms with E-state index in [1.165, 1.54) is 12.1 Å². The number of halogens is 1. The Kier molecular flexibility index (Phi) is 7.29. The molecule has 2 aliphatic heterocycles. The number of hydrogen-bond donors (Lipinski definition) is 1. The van der Waals surface area contributed by atoms with Gasteiger partial charge in [0.15, 0.2) is 5.96 Å². The summed E-state index contributed by atoms with van der Waals surface area (Å²) < 4.78 is 18.6. The number of aliphatic imine (C=N–C) groups is 1. The van der Waals surface area contributed by atoms with E-state index in [1.807, 2.05) is 12.1 Å². The van der Waals surface area contributed by atoms with Gasteiger partial charge in [-0.1, -0.05) is 0 Å². The van der Waals surface area contributed by atoms with Gasteiger partial charge >= 0.3 is 0 Å². The minimum Gasteiger partial charge on any atom is -0.379 e. The van der Waals surface area contributed by atoms with Gasteiger partial charge in [0.05, 0.1) is 19.8 Å². The molecule has 1 atom stereocenters. The van der Waals surface area contributed by atoms with Crippen LogP contribution in [0.4, 0.5) is 10.1 Å². The Balaban J connectivity index is 1.54. The van der Waals surface area contributed by atoms with Crippen LogP contribution in [0.5, 0.6) is 0 Å². The molecule has 0 spiro atoms. The summed E-state index contributed by atoms with van der Waals surface area (Å²) in [5.74, 6) is 0.810. The Hall–Kier alpha value is -1.86. The summed E-state index contributed by atoms with van der Waals surface area (Å²) in [6, 6.07) is 7.19. The SMILES string of the molecule is CCNC(=NCC(C)N1CCOCC1)N1CCN(c2ccc(F)cc2)CC1. The van der Waals surface area contributed by atoms with Crippen LogP contribution in [0, 0.1) is 5.82 Å². The monoisotopic (exact) mass is 377 g/mol. The molecule has 1 unspecified atom stereocenters. The van der Waals surface area contributed by atoms with Crippen LogP contribution in [0.2, 0.25) is 0 Å². The lowest BCUT2D eigenvalue weighted by Gasteiger charge is -2.38. The molecule has 7 heteroatoms. The van der Waals surface area contributed by atoms with E-state index in [9.17, 15) is 4.39 Å². The van der Waals surface area contributed by atoms with E-state index in [1.54, 1.807) is 0 Å². The van der Waals surface area contributed by atoms with Gasteiger partial charge in [-0.05, 0) is 38.1 Å². The summed E-state index contributed by atoms with van der Waals surface area (Å²) in [5.41, 5.74) is 1.08. The molecule has 6 nitrogen and oxygen atoms in total. The first-order valence-electron chi connectivity index (χ1n) is 10.0. The minimum atomic E-state index is -0.187. The quantitative estimate of drug-likeness (QED) is 0.624. The molecule has 0 aromatic heterocycles. The second-order valence-corrected chi connectivity index (χ2v) is 7.14. The average molecular weight is 378 g/mol. The summed E-state index contributed by atoms with van der Waals surface area (Å²) in [6.07, 6.45) is 0. The molecule has 1 aromatic rings. The van der Waals surface area contributed by atoms with Gasteiger partial charge in [0, 0.05) is 57.5 Å². The van der Waals surface area contributed by atoms with Crippen LogP contribution in [0.3, 0.4) is 0 Å². The molecule has 2 fully saturated rings. The van der Waals surface area contributed by atoms with Crippen molar-refractivity contribution in [3.05, 3.63) is 30.1 Å². The van der Waals surface area contributed by atoms with Crippen molar-refractivity contribution >= 4 is 11.6 Å².